The molecule has 0 aliphatic heterocycles. The van der Waals surface area contributed by atoms with Crippen molar-refractivity contribution in [2.45, 2.75) is 38.5 Å². The first-order valence-corrected chi connectivity index (χ1v) is 6.89. The number of nitrogens with zero attached hydrogens (tertiary/aromatic N) is 1. The summed E-state index contributed by atoms with van der Waals surface area (Å²) in [6, 6.07) is 8.31. The van der Waals surface area contributed by atoms with Gasteiger partial charge in [0, 0.05) is 25.0 Å². The molecule has 1 aromatic carbocycles. The molecule has 0 saturated carbocycles. The fraction of sp³-hybridized carbons (Fsp3) is 0.375. The third kappa shape index (κ3) is 2.57. The first-order valence-electron chi connectivity index (χ1n) is 6.89. The van der Waals surface area contributed by atoms with Crippen LogP contribution in [0.5, 0.6) is 0 Å². The quantitative estimate of drug-likeness (QED) is 0.885. The summed E-state index contributed by atoms with van der Waals surface area (Å²) in [6.45, 7) is 0.971. The number of aliphatic hydroxyl groups excluding tert-OH is 1. The van der Waals surface area contributed by atoms with Crippen LogP contribution < -0.4 is 5.73 Å². The molecule has 1 atom stereocenters. The Morgan fingerprint density at radius 2 is 1.89 bits per heavy atom. The fourth-order valence-electron chi connectivity index (χ4n) is 2.84. The number of aromatic nitrogens is 1. The molecule has 0 radical (unpaired) electrons. The Morgan fingerprint density at radius 3 is 2.58 bits per heavy atom. The van der Waals surface area contributed by atoms with E-state index in [1.54, 1.807) is 0 Å². The molecule has 1 aromatic heterocycles. The molecule has 3 heteroatoms. The minimum atomic E-state index is 0.104. The molecule has 0 saturated heterocycles. The molecule has 0 bridgehead atoms. The topological polar surface area (TPSA) is 51.2 Å². The smallest absolute Gasteiger partial charge is 0.0681 e. The van der Waals surface area contributed by atoms with Gasteiger partial charge >= 0.3 is 0 Å². The minimum absolute atomic E-state index is 0.104. The maximum atomic E-state index is 9.04. The highest BCUT2D eigenvalue weighted by Gasteiger charge is 2.18. The molecule has 1 aliphatic carbocycles. The third-order valence-corrected chi connectivity index (χ3v) is 3.93. The summed E-state index contributed by atoms with van der Waals surface area (Å²) in [6.07, 6.45) is 7.87. The van der Waals surface area contributed by atoms with Gasteiger partial charge in [0.2, 0.25) is 0 Å². The zero-order valence-electron chi connectivity index (χ0n) is 11.0. The number of rotatable bonds is 3. The van der Waals surface area contributed by atoms with Crippen molar-refractivity contribution in [2.75, 3.05) is 0 Å². The number of nitrogens with two attached hydrogens (primary N) is 1. The maximum Gasteiger partial charge on any atom is 0.0681 e. The molecule has 1 unspecified atom stereocenters. The highest BCUT2D eigenvalue weighted by Crippen LogP contribution is 2.28. The predicted molar refractivity (Wildman–Crippen MR) is 75.8 cm³/mol. The highest BCUT2D eigenvalue weighted by atomic mass is 16.3. The van der Waals surface area contributed by atoms with Crippen molar-refractivity contribution in [2.24, 2.45) is 5.73 Å². The number of hydrogen-bond acceptors (Lipinski definition) is 2. The van der Waals surface area contributed by atoms with Crippen LogP contribution in [0.2, 0.25) is 0 Å². The lowest BCUT2D eigenvalue weighted by molar-refractivity contribution is 0.282. The second-order valence-electron chi connectivity index (χ2n) is 5.38. The molecule has 3 rings (SSSR count). The van der Waals surface area contributed by atoms with Crippen LogP contribution in [-0.4, -0.2) is 9.67 Å². The number of fused-ring (bicyclic) bond motifs is 1. The van der Waals surface area contributed by atoms with E-state index in [0.29, 0.717) is 0 Å². The maximum absolute atomic E-state index is 9.04. The fourth-order valence-corrected chi connectivity index (χ4v) is 2.84. The van der Waals surface area contributed by atoms with E-state index < -0.39 is 0 Å². The van der Waals surface area contributed by atoms with Gasteiger partial charge in [-0.2, -0.15) is 0 Å². The van der Waals surface area contributed by atoms with Gasteiger partial charge in [0.05, 0.1) is 6.61 Å². The average Bonchev–Trinajstić information content (AvgIpc) is 2.84. The van der Waals surface area contributed by atoms with Crippen LogP contribution in [0.4, 0.5) is 0 Å². The minimum Gasteiger partial charge on any atom is -0.392 e. The van der Waals surface area contributed by atoms with Crippen LogP contribution >= 0.6 is 0 Å². The average molecular weight is 256 g/mol. The van der Waals surface area contributed by atoms with E-state index in [4.69, 9.17) is 10.8 Å². The molecule has 19 heavy (non-hydrogen) atoms. The van der Waals surface area contributed by atoms with Gasteiger partial charge < -0.3 is 15.4 Å². The summed E-state index contributed by atoms with van der Waals surface area (Å²) in [5.41, 5.74) is 11.1. The Kier molecular flexibility index (Phi) is 3.40. The first kappa shape index (κ1) is 12.5. The molecule has 0 amide bonds. The molecule has 2 aromatic rings. The van der Waals surface area contributed by atoms with E-state index in [9.17, 15) is 0 Å². The van der Waals surface area contributed by atoms with Gasteiger partial charge in [-0.25, -0.2) is 0 Å². The van der Waals surface area contributed by atoms with E-state index in [0.717, 1.165) is 24.9 Å². The van der Waals surface area contributed by atoms with Crippen LogP contribution in [0, 0.1) is 0 Å². The third-order valence-electron chi connectivity index (χ3n) is 3.93. The lowest BCUT2D eigenvalue weighted by Crippen LogP contribution is -2.15. The van der Waals surface area contributed by atoms with Gasteiger partial charge in [-0.3, -0.25) is 0 Å². The number of aryl methyl sites for hydroxylation is 1. The Bertz CT molecular complexity index is 557. The Morgan fingerprint density at radius 1 is 1.16 bits per heavy atom. The van der Waals surface area contributed by atoms with Crippen LogP contribution in [0.1, 0.15) is 41.1 Å². The van der Waals surface area contributed by atoms with Crippen LogP contribution in [0.15, 0.2) is 36.7 Å². The molecule has 1 aliphatic rings. The summed E-state index contributed by atoms with van der Waals surface area (Å²) >= 11 is 0. The van der Waals surface area contributed by atoms with Crippen molar-refractivity contribution < 1.29 is 5.11 Å². The summed E-state index contributed by atoms with van der Waals surface area (Å²) in [7, 11) is 0. The molecular formula is C16H20N2O. The Hall–Kier alpha value is -1.58. The number of benzene rings is 1. The zero-order chi connectivity index (χ0) is 13.2. The van der Waals surface area contributed by atoms with Gasteiger partial charge in [-0.05, 0) is 41.5 Å². The van der Waals surface area contributed by atoms with E-state index in [-0.39, 0.29) is 12.6 Å². The lowest BCUT2D eigenvalue weighted by Gasteiger charge is -2.17. The van der Waals surface area contributed by atoms with Crippen molar-refractivity contribution in [1.29, 1.82) is 0 Å². The molecule has 1 heterocycles. The number of hydrogen-bond donors (Lipinski definition) is 2. The van der Waals surface area contributed by atoms with Gasteiger partial charge in [-0.1, -0.05) is 24.3 Å². The number of aliphatic hydroxyl groups is 1. The normalized spacial score (nSPS) is 18.3. The SMILES string of the molecule is NC1CCCc2cn(Cc3ccc(CO)cc3)cc21. The molecule has 3 N–H and O–H groups in total. The molecule has 100 valence electrons. The van der Waals surface area contributed by atoms with Gasteiger partial charge in [-0.15, -0.1) is 0 Å². The summed E-state index contributed by atoms with van der Waals surface area (Å²) < 4.78 is 2.23. The van der Waals surface area contributed by atoms with Gasteiger partial charge in [0.1, 0.15) is 0 Å². The predicted octanol–water partition coefficient (Wildman–Crippen LogP) is 2.36. The van der Waals surface area contributed by atoms with E-state index in [1.807, 2.05) is 12.1 Å². The molecule has 0 fully saturated rings. The van der Waals surface area contributed by atoms with Crippen molar-refractivity contribution in [3.63, 3.8) is 0 Å². The molecule has 3 nitrogen and oxygen atoms in total. The van der Waals surface area contributed by atoms with Crippen LogP contribution in [-0.2, 0) is 19.6 Å². The summed E-state index contributed by atoms with van der Waals surface area (Å²) in [5.74, 6) is 0. The second-order valence-corrected chi connectivity index (χ2v) is 5.38. The lowest BCUT2D eigenvalue weighted by atomic mass is 9.92. The van der Waals surface area contributed by atoms with Crippen LogP contribution in [0.3, 0.4) is 0 Å². The standard InChI is InChI=1S/C16H20N2O/c17-16-3-1-2-14-9-18(10-15(14)16)8-12-4-6-13(11-19)7-5-12/h4-7,9-10,16,19H,1-3,8,11,17H2. The largest absolute Gasteiger partial charge is 0.392 e. The first-order chi connectivity index (χ1) is 9.26. The zero-order valence-corrected chi connectivity index (χ0v) is 11.0. The van der Waals surface area contributed by atoms with Gasteiger partial charge in [0.15, 0.2) is 0 Å². The second kappa shape index (κ2) is 5.19. The van der Waals surface area contributed by atoms with Crippen LogP contribution in [0.25, 0.3) is 0 Å². The summed E-state index contributed by atoms with van der Waals surface area (Å²) in [4.78, 5) is 0. The van der Waals surface area contributed by atoms with E-state index >= 15 is 0 Å². The van der Waals surface area contributed by atoms with Crippen molar-refractivity contribution in [1.82, 2.24) is 4.57 Å². The van der Waals surface area contributed by atoms with Crippen molar-refractivity contribution in [3.05, 3.63) is 58.9 Å². The molecule has 0 spiro atoms. The Balaban J connectivity index is 1.79. The Labute approximate surface area is 113 Å². The highest BCUT2D eigenvalue weighted by molar-refractivity contribution is 5.31. The van der Waals surface area contributed by atoms with E-state index in [1.165, 1.54) is 23.1 Å². The van der Waals surface area contributed by atoms with Crippen molar-refractivity contribution in [3.8, 4) is 0 Å². The molecular weight excluding hydrogens is 236 g/mol. The monoisotopic (exact) mass is 256 g/mol. The van der Waals surface area contributed by atoms with Crippen molar-refractivity contribution >= 4 is 0 Å². The van der Waals surface area contributed by atoms with E-state index in [2.05, 4.69) is 29.1 Å². The van der Waals surface area contributed by atoms with Gasteiger partial charge in [0.25, 0.3) is 0 Å². The summed E-state index contributed by atoms with van der Waals surface area (Å²) in [5, 5.41) is 9.04.